The van der Waals surface area contributed by atoms with Gasteiger partial charge in [0.15, 0.2) is 6.61 Å². The number of thiazole rings is 1. The first-order valence-electron chi connectivity index (χ1n) is 8.63. The van der Waals surface area contributed by atoms with Crippen molar-refractivity contribution in [3.05, 3.63) is 52.9 Å². The van der Waals surface area contributed by atoms with Gasteiger partial charge in [0.1, 0.15) is 10.8 Å². The predicted molar refractivity (Wildman–Crippen MR) is 109 cm³/mol. The van der Waals surface area contributed by atoms with E-state index in [9.17, 15) is 9.90 Å². The Morgan fingerprint density at radius 3 is 2.89 bits per heavy atom. The third-order valence-electron chi connectivity index (χ3n) is 4.41. The van der Waals surface area contributed by atoms with Crippen molar-refractivity contribution in [1.82, 2.24) is 4.98 Å². The molecule has 28 heavy (non-hydrogen) atoms. The molecule has 0 spiro atoms. The van der Waals surface area contributed by atoms with E-state index in [4.69, 9.17) is 21.4 Å². The van der Waals surface area contributed by atoms with Gasteiger partial charge in [-0.2, -0.15) is 0 Å². The molecule has 2 aromatic carbocycles. The zero-order valence-corrected chi connectivity index (χ0v) is 16.3. The zero-order valence-electron chi connectivity index (χ0n) is 14.7. The number of rotatable bonds is 5. The van der Waals surface area contributed by atoms with Crippen LogP contribution in [0, 0.1) is 0 Å². The second kappa shape index (κ2) is 7.89. The average Bonchev–Trinajstić information content (AvgIpc) is 3.20. The van der Waals surface area contributed by atoms with Gasteiger partial charge >= 0.3 is 0 Å². The number of β-amino-alcohol motifs (C(OH)–C–C–N with tert-alkyl or cyclic N) is 1. The van der Waals surface area contributed by atoms with Crippen LogP contribution in [0.2, 0.25) is 5.02 Å². The Balaban J connectivity index is 1.69. The molecule has 0 bridgehead atoms. The number of benzene rings is 2. The number of amides is 1. The van der Waals surface area contributed by atoms with E-state index in [0.29, 0.717) is 16.5 Å². The molecule has 2 heterocycles. The molecule has 8 heteroatoms. The average molecular weight is 417 g/mol. The number of aromatic nitrogens is 1. The van der Waals surface area contributed by atoms with Crippen LogP contribution in [0.5, 0.6) is 5.75 Å². The van der Waals surface area contributed by atoms with Crippen LogP contribution in [-0.4, -0.2) is 47.0 Å². The lowest BCUT2D eigenvalue weighted by Crippen LogP contribution is -2.44. The van der Waals surface area contributed by atoms with Gasteiger partial charge < -0.3 is 19.8 Å². The first-order chi connectivity index (χ1) is 13.6. The predicted octanol–water partition coefficient (Wildman–Crippen LogP) is 3.21. The van der Waals surface area contributed by atoms with Crippen LogP contribution in [0.15, 0.2) is 47.8 Å². The number of anilines is 1. The fourth-order valence-corrected chi connectivity index (χ4v) is 4.14. The molecule has 1 aliphatic heterocycles. The van der Waals surface area contributed by atoms with Gasteiger partial charge in [-0.25, -0.2) is 4.98 Å². The van der Waals surface area contributed by atoms with Crippen LogP contribution >= 0.6 is 22.9 Å². The summed E-state index contributed by atoms with van der Waals surface area (Å²) in [4.78, 5) is 18.4. The quantitative estimate of drug-likeness (QED) is 0.667. The van der Waals surface area contributed by atoms with Crippen LogP contribution in [0.1, 0.15) is 0 Å². The molecule has 6 nitrogen and oxygen atoms in total. The molecule has 1 atom stereocenters. The molecule has 0 saturated heterocycles. The second-order valence-electron chi connectivity index (χ2n) is 6.33. The minimum atomic E-state index is -1.02. The number of hydrogen-bond acceptors (Lipinski definition) is 6. The molecular formula is C20H17ClN2O4S. The maximum absolute atomic E-state index is 12.3. The summed E-state index contributed by atoms with van der Waals surface area (Å²) in [6.07, 6.45) is -1.02. The summed E-state index contributed by atoms with van der Waals surface area (Å²) in [6.45, 7) is -0.526. The topological polar surface area (TPSA) is 82.9 Å². The summed E-state index contributed by atoms with van der Waals surface area (Å²) in [6, 6.07) is 13.0. The van der Waals surface area contributed by atoms with Crippen molar-refractivity contribution in [3.63, 3.8) is 0 Å². The van der Waals surface area contributed by atoms with Crippen LogP contribution in [-0.2, 0) is 4.79 Å². The smallest absolute Gasteiger partial charge is 0.265 e. The maximum Gasteiger partial charge on any atom is 0.265 e. The van der Waals surface area contributed by atoms with E-state index in [1.807, 2.05) is 41.8 Å². The van der Waals surface area contributed by atoms with E-state index < -0.39 is 12.7 Å². The summed E-state index contributed by atoms with van der Waals surface area (Å²) in [5, 5.41) is 22.3. The third-order valence-corrected chi connectivity index (χ3v) is 5.62. The molecule has 1 amide bonds. The number of aliphatic hydroxyl groups excluding tert-OH is 2. The highest BCUT2D eigenvalue weighted by Crippen LogP contribution is 2.38. The van der Waals surface area contributed by atoms with Gasteiger partial charge in [0.25, 0.3) is 5.91 Å². The Morgan fingerprint density at radius 1 is 1.29 bits per heavy atom. The lowest BCUT2D eigenvalue weighted by molar-refractivity contribution is -0.121. The van der Waals surface area contributed by atoms with Gasteiger partial charge in [0.05, 0.1) is 35.7 Å². The van der Waals surface area contributed by atoms with Crippen LogP contribution in [0.4, 0.5) is 5.69 Å². The number of carbonyl (C=O) groups excluding carboxylic acids is 1. The monoisotopic (exact) mass is 416 g/mol. The Morgan fingerprint density at radius 2 is 2.11 bits per heavy atom. The van der Waals surface area contributed by atoms with Gasteiger partial charge in [-0.3, -0.25) is 4.79 Å². The van der Waals surface area contributed by atoms with Gasteiger partial charge in [-0.05, 0) is 24.3 Å². The highest BCUT2D eigenvalue weighted by Gasteiger charge is 2.28. The molecule has 0 saturated carbocycles. The number of aliphatic hydroxyl groups is 2. The maximum atomic E-state index is 12.3. The van der Waals surface area contributed by atoms with Crippen molar-refractivity contribution in [2.24, 2.45) is 0 Å². The molecule has 1 aliphatic rings. The minimum Gasteiger partial charge on any atom is -0.482 e. The standard InChI is InChI=1S/C20H17ClN2O4S/c21-15-4-2-1-3-14(15)20-22-16(11-28-20)12-5-6-18-17(7-12)23(8-13(25)9-24)19(26)10-27-18/h1-7,11,13,24-25H,8-10H2. The number of hydrogen-bond donors (Lipinski definition) is 2. The zero-order chi connectivity index (χ0) is 19.7. The number of carbonyl (C=O) groups is 1. The normalized spacial score (nSPS) is 14.5. The molecule has 0 fully saturated rings. The summed E-state index contributed by atoms with van der Waals surface area (Å²) < 4.78 is 5.49. The van der Waals surface area contributed by atoms with Crippen molar-refractivity contribution in [2.75, 3.05) is 24.7 Å². The van der Waals surface area contributed by atoms with Crippen molar-refractivity contribution < 1.29 is 19.7 Å². The third kappa shape index (κ3) is 3.62. The second-order valence-corrected chi connectivity index (χ2v) is 7.59. The first kappa shape index (κ1) is 18.9. The van der Waals surface area contributed by atoms with E-state index in [1.165, 1.54) is 16.2 Å². The van der Waals surface area contributed by atoms with E-state index in [-0.39, 0.29) is 19.1 Å². The molecular weight excluding hydrogens is 400 g/mol. The molecule has 0 aliphatic carbocycles. The number of ether oxygens (including phenoxy) is 1. The summed E-state index contributed by atoms with van der Waals surface area (Å²) in [5.41, 5.74) is 2.98. The molecule has 3 aromatic rings. The SMILES string of the molecule is O=C1COc2ccc(-c3csc(-c4ccccc4Cl)n3)cc2N1CC(O)CO. The van der Waals surface area contributed by atoms with Gasteiger partial charge in [0, 0.05) is 16.5 Å². The van der Waals surface area contributed by atoms with Gasteiger partial charge in [-0.15, -0.1) is 11.3 Å². The molecule has 4 rings (SSSR count). The molecule has 2 N–H and O–H groups in total. The number of halogens is 1. The number of fused-ring (bicyclic) bond motifs is 1. The molecule has 1 unspecified atom stereocenters. The molecule has 0 radical (unpaired) electrons. The fraction of sp³-hybridized carbons (Fsp3) is 0.200. The van der Waals surface area contributed by atoms with Crippen molar-refractivity contribution >= 4 is 34.5 Å². The van der Waals surface area contributed by atoms with Crippen molar-refractivity contribution in [2.45, 2.75) is 6.10 Å². The summed E-state index contributed by atoms with van der Waals surface area (Å²) in [7, 11) is 0. The first-order valence-corrected chi connectivity index (χ1v) is 9.89. The van der Waals surface area contributed by atoms with Gasteiger partial charge in [0.2, 0.25) is 0 Å². The number of nitrogens with zero attached hydrogens (tertiary/aromatic N) is 2. The highest BCUT2D eigenvalue weighted by molar-refractivity contribution is 7.13. The Bertz CT molecular complexity index is 1020. The lowest BCUT2D eigenvalue weighted by atomic mass is 10.1. The highest BCUT2D eigenvalue weighted by atomic mass is 35.5. The van der Waals surface area contributed by atoms with Crippen LogP contribution < -0.4 is 9.64 Å². The fourth-order valence-electron chi connectivity index (χ4n) is 2.99. The van der Waals surface area contributed by atoms with Crippen LogP contribution in [0.3, 0.4) is 0 Å². The lowest BCUT2D eigenvalue weighted by Gasteiger charge is -2.30. The van der Waals surface area contributed by atoms with Crippen LogP contribution in [0.25, 0.3) is 21.8 Å². The van der Waals surface area contributed by atoms with Gasteiger partial charge in [-0.1, -0.05) is 29.8 Å². The minimum absolute atomic E-state index is 0.00289. The van der Waals surface area contributed by atoms with E-state index in [0.717, 1.165) is 21.8 Å². The summed E-state index contributed by atoms with van der Waals surface area (Å²) >= 11 is 7.75. The molecule has 144 valence electrons. The van der Waals surface area contributed by atoms with E-state index in [1.54, 1.807) is 6.07 Å². The Hall–Kier alpha value is -2.45. The van der Waals surface area contributed by atoms with E-state index >= 15 is 0 Å². The largest absolute Gasteiger partial charge is 0.482 e. The Kier molecular flexibility index (Phi) is 5.32. The van der Waals surface area contributed by atoms with E-state index in [2.05, 4.69) is 4.98 Å². The summed E-state index contributed by atoms with van der Waals surface area (Å²) in [5.74, 6) is 0.280. The molecule has 1 aromatic heterocycles. The Labute approximate surface area is 170 Å². The van der Waals surface area contributed by atoms with Crippen molar-refractivity contribution in [3.8, 4) is 27.6 Å². The van der Waals surface area contributed by atoms with Crippen molar-refractivity contribution in [1.29, 1.82) is 0 Å².